The quantitative estimate of drug-likeness (QED) is 0.692. The van der Waals surface area contributed by atoms with Gasteiger partial charge in [-0.1, -0.05) is 0 Å². The van der Waals surface area contributed by atoms with E-state index in [1.54, 1.807) is 7.11 Å². The predicted octanol–water partition coefficient (Wildman–Crippen LogP) is -0.0930. The molecule has 2 aromatic heterocycles. The van der Waals surface area contributed by atoms with E-state index in [-0.39, 0.29) is 6.10 Å². The Morgan fingerprint density at radius 3 is 2.76 bits per heavy atom. The lowest BCUT2D eigenvalue weighted by atomic mass is 10.2. The van der Waals surface area contributed by atoms with E-state index < -0.39 is 11.2 Å². The van der Waals surface area contributed by atoms with E-state index in [2.05, 4.69) is 19.9 Å². The molecule has 92 valence electrons. The predicted molar refractivity (Wildman–Crippen MR) is 62.1 cm³/mol. The molecule has 0 aliphatic rings. The Kier molecular flexibility index (Phi) is 3.10. The molecule has 0 aliphatic carbocycles. The molecule has 0 bridgehead atoms. The van der Waals surface area contributed by atoms with Crippen molar-refractivity contribution in [2.24, 2.45) is 0 Å². The molecular weight excluding hydrogens is 224 g/mol. The number of fused-ring (bicyclic) bond motifs is 1. The van der Waals surface area contributed by atoms with Crippen LogP contribution in [0.3, 0.4) is 0 Å². The van der Waals surface area contributed by atoms with Crippen molar-refractivity contribution in [3.05, 3.63) is 26.7 Å². The third-order valence-electron chi connectivity index (χ3n) is 2.63. The molecule has 0 saturated carbocycles. The minimum absolute atomic E-state index is 0.126. The number of aryl methyl sites for hydroxylation is 1. The van der Waals surface area contributed by atoms with Crippen LogP contribution in [0.1, 0.15) is 19.2 Å². The second-order valence-corrected chi connectivity index (χ2v) is 3.90. The van der Waals surface area contributed by atoms with Crippen LogP contribution >= 0.6 is 0 Å². The summed E-state index contributed by atoms with van der Waals surface area (Å²) in [6.45, 7) is 1.96. The Labute approximate surface area is 96.2 Å². The van der Waals surface area contributed by atoms with Gasteiger partial charge >= 0.3 is 5.69 Å². The highest BCUT2D eigenvalue weighted by atomic mass is 16.5. The fraction of sp³-hybridized carbons (Fsp3) is 0.500. The molecule has 0 aliphatic heterocycles. The molecule has 0 spiro atoms. The first-order valence-electron chi connectivity index (χ1n) is 5.34. The fourth-order valence-corrected chi connectivity index (χ4v) is 1.56. The topological polar surface area (TPSA) is 104 Å². The molecule has 1 unspecified atom stereocenters. The van der Waals surface area contributed by atoms with Crippen molar-refractivity contribution in [1.82, 2.24) is 19.9 Å². The van der Waals surface area contributed by atoms with E-state index in [0.717, 1.165) is 6.42 Å². The van der Waals surface area contributed by atoms with E-state index in [4.69, 9.17) is 4.74 Å². The van der Waals surface area contributed by atoms with Crippen LogP contribution in [0, 0.1) is 0 Å². The van der Waals surface area contributed by atoms with Crippen molar-refractivity contribution in [3.8, 4) is 0 Å². The lowest BCUT2D eigenvalue weighted by Crippen LogP contribution is -2.21. The highest BCUT2D eigenvalue weighted by Gasteiger charge is 2.08. The molecule has 1 atom stereocenters. The van der Waals surface area contributed by atoms with Gasteiger partial charge in [-0.3, -0.25) is 14.8 Å². The minimum Gasteiger partial charge on any atom is -0.382 e. The molecule has 3 N–H and O–H groups in total. The Morgan fingerprint density at radius 1 is 1.29 bits per heavy atom. The van der Waals surface area contributed by atoms with Gasteiger partial charge in [0.15, 0.2) is 5.65 Å². The standard InChI is InChI=1S/C10H14N4O3/c1-5(17-2)3-4-6-11-7-8(12-6)13-10(16)14-9(7)15/h5H,3-4H2,1-2H3,(H3,11,12,13,14,15,16). The molecule has 0 saturated heterocycles. The smallest absolute Gasteiger partial charge is 0.327 e. The summed E-state index contributed by atoms with van der Waals surface area (Å²) in [6.07, 6.45) is 1.57. The van der Waals surface area contributed by atoms with Crippen LogP contribution in [0.4, 0.5) is 0 Å². The third-order valence-corrected chi connectivity index (χ3v) is 2.63. The molecule has 0 fully saturated rings. The molecule has 0 aromatic carbocycles. The Balaban J connectivity index is 2.29. The van der Waals surface area contributed by atoms with E-state index >= 15 is 0 Å². The van der Waals surface area contributed by atoms with Gasteiger partial charge in [0.25, 0.3) is 5.56 Å². The van der Waals surface area contributed by atoms with Gasteiger partial charge in [0.1, 0.15) is 11.3 Å². The summed E-state index contributed by atoms with van der Waals surface area (Å²) in [5.74, 6) is 0.663. The van der Waals surface area contributed by atoms with Gasteiger partial charge in [0, 0.05) is 13.5 Å². The van der Waals surface area contributed by atoms with Crippen molar-refractivity contribution in [3.63, 3.8) is 0 Å². The summed E-state index contributed by atoms with van der Waals surface area (Å²) in [5, 5.41) is 0. The first-order chi connectivity index (χ1) is 8.10. The van der Waals surface area contributed by atoms with E-state index in [0.29, 0.717) is 23.4 Å². The summed E-state index contributed by atoms with van der Waals surface area (Å²) in [4.78, 5) is 34.1. The maximum absolute atomic E-state index is 11.4. The first kappa shape index (κ1) is 11.6. The number of ether oxygens (including phenoxy) is 1. The molecule has 7 nitrogen and oxygen atoms in total. The number of rotatable bonds is 4. The van der Waals surface area contributed by atoms with Gasteiger partial charge in [-0.2, -0.15) is 0 Å². The van der Waals surface area contributed by atoms with Crippen molar-refractivity contribution < 1.29 is 4.74 Å². The van der Waals surface area contributed by atoms with Gasteiger partial charge in [-0.25, -0.2) is 9.78 Å². The van der Waals surface area contributed by atoms with Crippen LogP contribution in [-0.4, -0.2) is 33.1 Å². The average molecular weight is 238 g/mol. The molecule has 2 aromatic rings. The molecule has 2 rings (SSSR count). The van der Waals surface area contributed by atoms with E-state index in [1.165, 1.54) is 0 Å². The second-order valence-electron chi connectivity index (χ2n) is 3.90. The number of imidazole rings is 1. The zero-order chi connectivity index (χ0) is 12.4. The third kappa shape index (κ3) is 2.44. The van der Waals surface area contributed by atoms with E-state index in [9.17, 15) is 9.59 Å². The van der Waals surface area contributed by atoms with Gasteiger partial charge in [0.2, 0.25) is 0 Å². The monoisotopic (exact) mass is 238 g/mol. The van der Waals surface area contributed by atoms with Crippen LogP contribution in [-0.2, 0) is 11.2 Å². The summed E-state index contributed by atoms with van der Waals surface area (Å²) >= 11 is 0. The summed E-state index contributed by atoms with van der Waals surface area (Å²) in [6, 6.07) is 0. The highest BCUT2D eigenvalue weighted by Crippen LogP contribution is 2.06. The Bertz CT molecular complexity index is 624. The normalized spacial score (nSPS) is 13.1. The van der Waals surface area contributed by atoms with Crippen LogP contribution in [0.2, 0.25) is 0 Å². The van der Waals surface area contributed by atoms with E-state index in [1.807, 2.05) is 6.92 Å². The van der Waals surface area contributed by atoms with Crippen LogP contribution < -0.4 is 11.2 Å². The minimum atomic E-state index is -0.550. The Morgan fingerprint density at radius 2 is 2.06 bits per heavy atom. The van der Waals surface area contributed by atoms with Gasteiger partial charge in [-0.05, 0) is 13.3 Å². The van der Waals surface area contributed by atoms with Crippen LogP contribution in [0.5, 0.6) is 0 Å². The number of methoxy groups -OCH3 is 1. The van der Waals surface area contributed by atoms with Gasteiger partial charge in [0.05, 0.1) is 6.10 Å². The lowest BCUT2D eigenvalue weighted by molar-refractivity contribution is 0.111. The van der Waals surface area contributed by atoms with Crippen LogP contribution in [0.15, 0.2) is 9.59 Å². The number of nitrogens with one attached hydrogen (secondary N) is 3. The number of aromatic nitrogens is 4. The van der Waals surface area contributed by atoms with Crippen LogP contribution in [0.25, 0.3) is 11.2 Å². The first-order valence-corrected chi connectivity index (χ1v) is 5.34. The zero-order valence-corrected chi connectivity index (χ0v) is 9.66. The van der Waals surface area contributed by atoms with Crippen molar-refractivity contribution >= 4 is 11.2 Å². The number of hydrogen-bond acceptors (Lipinski definition) is 4. The molecule has 17 heavy (non-hydrogen) atoms. The average Bonchev–Trinajstić information content (AvgIpc) is 2.69. The summed E-state index contributed by atoms with van der Waals surface area (Å²) in [7, 11) is 1.64. The number of aromatic amines is 3. The molecular formula is C10H14N4O3. The number of H-pyrrole nitrogens is 3. The molecule has 2 heterocycles. The van der Waals surface area contributed by atoms with Crippen molar-refractivity contribution in [1.29, 1.82) is 0 Å². The largest absolute Gasteiger partial charge is 0.382 e. The fourth-order valence-electron chi connectivity index (χ4n) is 1.56. The number of hydrogen-bond donors (Lipinski definition) is 3. The molecule has 7 heteroatoms. The Hall–Kier alpha value is -1.89. The number of nitrogens with zero attached hydrogens (tertiary/aromatic N) is 1. The molecule has 0 amide bonds. The summed E-state index contributed by atoms with van der Waals surface area (Å²) < 4.78 is 5.12. The maximum Gasteiger partial charge on any atom is 0.327 e. The SMILES string of the molecule is COC(C)CCc1nc2[nH]c(=O)[nH]c(=O)c2[nH]1. The van der Waals surface area contributed by atoms with Gasteiger partial charge < -0.3 is 9.72 Å². The van der Waals surface area contributed by atoms with Crippen molar-refractivity contribution in [2.75, 3.05) is 7.11 Å². The van der Waals surface area contributed by atoms with Gasteiger partial charge in [-0.15, -0.1) is 0 Å². The molecule has 0 radical (unpaired) electrons. The zero-order valence-electron chi connectivity index (χ0n) is 9.66. The lowest BCUT2D eigenvalue weighted by Gasteiger charge is -2.06. The summed E-state index contributed by atoms with van der Waals surface area (Å²) in [5.41, 5.74) is -0.420. The second kappa shape index (κ2) is 4.54. The maximum atomic E-state index is 11.4. The van der Waals surface area contributed by atoms with Crippen molar-refractivity contribution in [2.45, 2.75) is 25.9 Å². The highest BCUT2D eigenvalue weighted by molar-refractivity contribution is 5.68.